The van der Waals surface area contributed by atoms with Crippen LogP contribution in [-0.2, 0) is 19.1 Å². The molecule has 0 aliphatic carbocycles. The van der Waals surface area contributed by atoms with Crippen molar-refractivity contribution in [1.29, 1.82) is 0 Å². The average molecular weight is 172 g/mol. The highest BCUT2D eigenvalue weighted by molar-refractivity contribution is 5.65. The Hall–Kier alpha value is -1.16. The molecule has 0 saturated heterocycles. The fourth-order valence-corrected chi connectivity index (χ4v) is 0.486. The molecule has 0 bridgehead atoms. The second-order valence-electron chi connectivity index (χ2n) is 1.98. The van der Waals surface area contributed by atoms with Crippen molar-refractivity contribution in [3.8, 4) is 0 Å². The van der Waals surface area contributed by atoms with Crippen molar-refractivity contribution in [2.24, 2.45) is 0 Å². The lowest BCUT2D eigenvalue weighted by molar-refractivity contribution is -0.139. The number of carbonyl (C=O) groups is 2. The van der Waals surface area contributed by atoms with Crippen molar-refractivity contribution in [3.05, 3.63) is 12.2 Å². The van der Waals surface area contributed by atoms with Crippen LogP contribution in [0, 0.1) is 0 Å². The van der Waals surface area contributed by atoms with Crippen LogP contribution in [0.5, 0.6) is 0 Å². The standard InChI is InChI=1S/C8H12O4/c1-8(10)12-6-3-2-5-11-7-4-9/h2-4H,5-7H2,1H3/b3-2+. The predicted octanol–water partition coefficient (Wildman–Crippen LogP) is 0.321. The summed E-state index contributed by atoms with van der Waals surface area (Å²) in [6.07, 6.45) is 4.03. The Bertz CT molecular complexity index is 162. The minimum atomic E-state index is -0.312. The van der Waals surface area contributed by atoms with E-state index in [0.29, 0.717) is 12.9 Å². The SMILES string of the molecule is CC(=O)OC/C=C/COCC=O. The summed E-state index contributed by atoms with van der Waals surface area (Å²) in [5.74, 6) is -0.312. The van der Waals surface area contributed by atoms with Crippen molar-refractivity contribution in [1.82, 2.24) is 0 Å². The summed E-state index contributed by atoms with van der Waals surface area (Å²) in [4.78, 5) is 20.0. The molecule has 0 atom stereocenters. The molecule has 0 aromatic heterocycles. The molecule has 0 aliphatic rings. The summed E-state index contributed by atoms with van der Waals surface area (Å²) in [5.41, 5.74) is 0. The minimum absolute atomic E-state index is 0.0951. The lowest BCUT2D eigenvalue weighted by Gasteiger charge is -1.94. The van der Waals surface area contributed by atoms with Gasteiger partial charge in [0.05, 0.1) is 6.61 Å². The van der Waals surface area contributed by atoms with E-state index in [1.807, 2.05) is 0 Å². The highest BCUT2D eigenvalue weighted by Crippen LogP contribution is 1.80. The molecule has 0 heterocycles. The molecule has 0 aromatic carbocycles. The molecule has 68 valence electrons. The maximum absolute atomic E-state index is 10.2. The molecule has 0 aliphatic heterocycles. The molecule has 0 rings (SSSR count). The third-order valence-corrected chi connectivity index (χ3v) is 0.949. The predicted molar refractivity (Wildman–Crippen MR) is 42.7 cm³/mol. The van der Waals surface area contributed by atoms with E-state index in [2.05, 4.69) is 4.74 Å². The van der Waals surface area contributed by atoms with Gasteiger partial charge in [-0.25, -0.2) is 0 Å². The molecule has 0 aromatic rings. The topological polar surface area (TPSA) is 52.6 Å². The van der Waals surface area contributed by atoms with Gasteiger partial charge in [-0.15, -0.1) is 0 Å². The van der Waals surface area contributed by atoms with Gasteiger partial charge in [-0.3, -0.25) is 4.79 Å². The lowest BCUT2D eigenvalue weighted by atomic mass is 10.5. The molecule has 4 heteroatoms. The van der Waals surface area contributed by atoms with Gasteiger partial charge in [0, 0.05) is 6.92 Å². The number of hydrogen-bond donors (Lipinski definition) is 0. The van der Waals surface area contributed by atoms with E-state index in [4.69, 9.17) is 4.74 Å². The average Bonchev–Trinajstić information content (AvgIpc) is 2.02. The smallest absolute Gasteiger partial charge is 0.302 e. The molecular formula is C8H12O4. The van der Waals surface area contributed by atoms with E-state index in [-0.39, 0.29) is 19.2 Å². The first-order valence-electron chi connectivity index (χ1n) is 3.57. The number of ether oxygens (including phenoxy) is 2. The third-order valence-electron chi connectivity index (χ3n) is 0.949. The van der Waals surface area contributed by atoms with Gasteiger partial charge >= 0.3 is 5.97 Å². The Morgan fingerprint density at radius 1 is 1.25 bits per heavy atom. The van der Waals surface area contributed by atoms with Crippen LogP contribution in [0.25, 0.3) is 0 Å². The molecule has 0 unspecified atom stereocenters. The number of rotatable bonds is 6. The molecule has 0 amide bonds. The summed E-state index contributed by atoms with van der Waals surface area (Å²) in [5, 5.41) is 0. The van der Waals surface area contributed by atoms with Gasteiger partial charge in [0.25, 0.3) is 0 Å². The molecule has 0 fully saturated rings. The summed E-state index contributed by atoms with van der Waals surface area (Å²) >= 11 is 0. The monoisotopic (exact) mass is 172 g/mol. The zero-order valence-corrected chi connectivity index (χ0v) is 6.99. The number of carbonyl (C=O) groups excluding carboxylic acids is 2. The van der Waals surface area contributed by atoms with Crippen molar-refractivity contribution < 1.29 is 19.1 Å². The molecule has 0 N–H and O–H groups in total. The summed E-state index contributed by atoms with van der Waals surface area (Å²) in [7, 11) is 0. The lowest BCUT2D eigenvalue weighted by Crippen LogP contribution is -1.98. The number of esters is 1. The van der Waals surface area contributed by atoms with Gasteiger partial charge in [-0.2, -0.15) is 0 Å². The fraction of sp³-hybridized carbons (Fsp3) is 0.500. The summed E-state index contributed by atoms with van der Waals surface area (Å²) in [6, 6.07) is 0. The molecule has 0 radical (unpaired) electrons. The van der Waals surface area contributed by atoms with Crippen LogP contribution < -0.4 is 0 Å². The Kier molecular flexibility index (Phi) is 7.17. The largest absolute Gasteiger partial charge is 0.462 e. The van der Waals surface area contributed by atoms with Crippen LogP contribution in [0.1, 0.15) is 6.92 Å². The van der Waals surface area contributed by atoms with Crippen molar-refractivity contribution in [3.63, 3.8) is 0 Å². The van der Waals surface area contributed by atoms with Crippen LogP contribution in [-0.4, -0.2) is 32.1 Å². The van der Waals surface area contributed by atoms with Gasteiger partial charge in [0.15, 0.2) is 0 Å². The Morgan fingerprint density at radius 3 is 2.50 bits per heavy atom. The quantitative estimate of drug-likeness (QED) is 0.250. The van der Waals surface area contributed by atoms with Crippen LogP contribution in [0.15, 0.2) is 12.2 Å². The first-order valence-corrected chi connectivity index (χ1v) is 3.57. The zero-order chi connectivity index (χ0) is 9.23. The van der Waals surface area contributed by atoms with Crippen LogP contribution in [0.4, 0.5) is 0 Å². The first-order chi connectivity index (χ1) is 5.77. The number of aldehydes is 1. The van der Waals surface area contributed by atoms with E-state index in [9.17, 15) is 9.59 Å². The van der Waals surface area contributed by atoms with E-state index in [1.165, 1.54) is 6.92 Å². The van der Waals surface area contributed by atoms with Crippen LogP contribution in [0.3, 0.4) is 0 Å². The Morgan fingerprint density at radius 2 is 1.92 bits per heavy atom. The fourth-order valence-electron chi connectivity index (χ4n) is 0.486. The second kappa shape index (κ2) is 7.94. The van der Waals surface area contributed by atoms with Crippen LogP contribution >= 0.6 is 0 Å². The first kappa shape index (κ1) is 10.8. The van der Waals surface area contributed by atoms with Crippen LogP contribution in [0.2, 0.25) is 0 Å². The van der Waals surface area contributed by atoms with Gasteiger partial charge in [-0.05, 0) is 6.08 Å². The highest BCUT2D eigenvalue weighted by atomic mass is 16.5. The van der Waals surface area contributed by atoms with Crippen molar-refractivity contribution >= 4 is 12.3 Å². The maximum atomic E-state index is 10.2. The molecule has 4 nitrogen and oxygen atoms in total. The molecular weight excluding hydrogens is 160 g/mol. The van der Waals surface area contributed by atoms with Gasteiger partial charge in [0.1, 0.15) is 19.5 Å². The maximum Gasteiger partial charge on any atom is 0.302 e. The Balaban J connectivity index is 3.14. The zero-order valence-electron chi connectivity index (χ0n) is 6.99. The normalized spacial score (nSPS) is 10.1. The van der Waals surface area contributed by atoms with Gasteiger partial charge in [0.2, 0.25) is 0 Å². The molecule has 0 spiro atoms. The highest BCUT2D eigenvalue weighted by Gasteiger charge is 1.86. The van der Waals surface area contributed by atoms with Gasteiger partial charge in [-0.1, -0.05) is 6.08 Å². The van der Waals surface area contributed by atoms with E-state index in [0.717, 1.165) is 0 Å². The Labute approximate surface area is 71.2 Å². The number of hydrogen-bond acceptors (Lipinski definition) is 4. The molecule has 0 saturated carbocycles. The van der Waals surface area contributed by atoms with Crippen molar-refractivity contribution in [2.75, 3.05) is 19.8 Å². The van der Waals surface area contributed by atoms with E-state index >= 15 is 0 Å². The minimum Gasteiger partial charge on any atom is -0.462 e. The summed E-state index contributed by atoms with van der Waals surface area (Å²) < 4.78 is 9.39. The van der Waals surface area contributed by atoms with E-state index < -0.39 is 0 Å². The van der Waals surface area contributed by atoms with E-state index in [1.54, 1.807) is 12.2 Å². The second-order valence-corrected chi connectivity index (χ2v) is 1.98. The van der Waals surface area contributed by atoms with Gasteiger partial charge < -0.3 is 14.3 Å². The summed E-state index contributed by atoms with van der Waals surface area (Å²) in [6.45, 7) is 2.05. The van der Waals surface area contributed by atoms with Crippen molar-refractivity contribution in [2.45, 2.75) is 6.92 Å². The third kappa shape index (κ3) is 8.84. The molecule has 12 heavy (non-hydrogen) atoms.